The molecule has 0 aromatic carbocycles. The third-order valence-electron chi connectivity index (χ3n) is 11.7. The number of nitrogens with one attached hydrogen (secondary N) is 1. The number of fused-ring (bicyclic) bond motifs is 4. The third-order valence-corrected chi connectivity index (χ3v) is 12.8. The number of ether oxygens (including phenoxy) is 1. The minimum atomic E-state index is -0.425. The van der Waals surface area contributed by atoms with Crippen molar-refractivity contribution in [3.8, 4) is 23.5 Å². The van der Waals surface area contributed by atoms with E-state index in [9.17, 15) is 5.26 Å². The van der Waals surface area contributed by atoms with Crippen LogP contribution in [0, 0.1) is 18.3 Å². The number of aryl methyl sites for hydroxylation is 2. The molecule has 2 aliphatic carbocycles. The lowest BCUT2D eigenvalue weighted by molar-refractivity contribution is 0.227. The number of anilines is 2. The number of nitriles is 1. The van der Waals surface area contributed by atoms with Crippen LogP contribution in [0.2, 0.25) is 0 Å². The van der Waals surface area contributed by atoms with Crippen molar-refractivity contribution < 1.29 is 9.26 Å². The zero-order valence-electron chi connectivity index (χ0n) is 28.4. The topological polar surface area (TPSA) is 164 Å². The summed E-state index contributed by atoms with van der Waals surface area (Å²) in [6.45, 7) is 8.60. The summed E-state index contributed by atoms with van der Waals surface area (Å²) in [6, 6.07) is 2.79. The first-order valence-corrected chi connectivity index (χ1v) is 18.3. The fourth-order valence-electron chi connectivity index (χ4n) is 9.29. The maximum atomic E-state index is 10.2. The van der Waals surface area contributed by atoms with Crippen molar-refractivity contribution in [3.05, 3.63) is 44.8 Å². The summed E-state index contributed by atoms with van der Waals surface area (Å²) in [4.78, 5) is 16.5. The van der Waals surface area contributed by atoms with Crippen molar-refractivity contribution in [2.24, 2.45) is 0 Å². The van der Waals surface area contributed by atoms with Crippen LogP contribution in [0.5, 0.6) is 5.88 Å². The predicted octanol–water partition coefficient (Wildman–Crippen LogP) is 5.60. The van der Waals surface area contributed by atoms with Gasteiger partial charge in [-0.1, -0.05) is 5.16 Å². The number of hydrogen-bond acceptors (Lipinski definition) is 12. The zero-order chi connectivity index (χ0) is 33.6. The normalized spacial score (nSPS) is 23.2. The van der Waals surface area contributed by atoms with Crippen LogP contribution in [-0.2, 0) is 18.3 Å². The van der Waals surface area contributed by atoms with Gasteiger partial charge < -0.3 is 24.8 Å². The number of H-pyrrole nitrogens is 1. The van der Waals surface area contributed by atoms with Crippen LogP contribution in [-0.4, -0.2) is 72.8 Å². The molecule has 4 atom stereocenters. The van der Waals surface area contributed by atoms with Gasteiger partial charge in [-0.2, -0.15) is 10.4 Å². The number of thiophene rings is 1. The molecule has 7 heterocycles. The number of nitrogens with zero attached hydrogens (tertiary/aromatic N) is 9. The van der Waals surface area contributed by atoms with E-state index in [4.69, 9.17) is 35.2 Å². The highest BCUT2D eigenvalue weighted by Crippen LogP contribution is 2.55. The molecule has 14 heteroatoms. The Hall–Kier alpha value is -4.48. The number of nitrogens with two attached hydrogens (primary N) is 1. The summed E-state index contributed by atoms with van der Waals surface area (Å²) < 4.78 is 14.8. The molecule has 2 aliphatic heterocycles. The molecule has 5 aromatic rings. The van der Waals surface area contributed by atoms with E-state index in [0.717, 1.165) is 103 Å². The molecule has 1 spiro atoms. The maximum Gasteiger partial charge on any atom is 0.246 e. The van der Waals surface area contributed by atoms with Crippen molar-refractivity contribution in [2.45, 2.75) is 95.7 Å². The highest BCUT2D eigenvalue weighted by atomic mass is 32.1. The Morgan fingerprint density at radius 3 is 2.76 bits per heavy atom. The van der Waals surface area contributed by atoms with Gasteiger partial charge in [-0.3, -0.25) is 5.10 Å². The Balaban J connectivity index is 1.25. The number of aromatic nitrogens is 7. The number of rotatable bonds is 5. The molecule has 4 aliphatic rings. The molecular formula is C35H41N11O2S. The van der Waals surface area contributed by atoms with Crippen molar-refractivity contribution in [1.82, 2.24) is 40.0 Å². The Kier molecular flexibility index (Phi) is 7.04. The smallest absolute Gasteiger partial charge is 0.246 e. The minimum absolute atomic E-state index is 0.0374. The van der Waals surface area contributed by atoms with E-state index in [1.807, 2.05) is 13.1 Å². The van der Waals surface area contributed by atoms with Gasteiger partial charge in [-0.15, -0.1) is 16.4 Å². The Labute approximate surface area is 288 Å². The van der Waals surface area contributed by atoms with Crippen molar-refractivity contribution in [2.75, 3.05) is 37.4 Å². The summed E-state index contributed by atoms with van der Waals surface area (Å²) in [5.74, 6) is 2.71. The highest BCUT2D eigenvalue weighted by Gasteiger charge is 2.49. The summed E-state index contributed by atoms with van der Waals surface area (Å²) in [5.41, 5.74) is 12.2. The first-order chi connectivity index (χ1) is 23.8. The van der Waals surface area contributed by atoms with E-state index in [0.29, 0.717) is 47.2 Å². The van der Waals surface area contributed by atoms with Crippen LogP contribution < -0.4 is 15.4 Å². The second kappa shape index (κ2) is 11.3. The predicted molar refractivity (Wildman–Crippen MR) is 186 cm³/mol. The molecule has 254 valence electrons. The average molecular weight is 680 g/mol. The second-order valence-electron chi connectivity index (χ2n) is 14.3. The van der Waals surface area contributed by atoms with E-state index in [1.165, 1.54) is 4.88 Å². The fourth-order valence-corrected chi connectivity index (χ4v) is 10.4. The Bertz CT molecular complexity index is 2130. The van der Waals surface area contributed by atoms with E-state index in [1.54, 1.807) is 11.3 Å². The third kappa shape index (κ3) is 4.40. The van der Waals surface area contributed by atoms with Gasteiger partial charge in [-0.25, -0.2) is 14.6 Å². The molecule has 0 radical (unpaired) electrons. The number of hydrogen-bond donors (Lipinski definition) is 2. The number of aromatic amines is 1. The second-order valence-corrected chi connectivity index (χ2v) is 15.4. The molecule has 49 heavy (non-hydrogen) atoms. The Morgan fingerprint density at radius 1 is 1.16 bits per heavy atom. The summed E-state index contributed by atoms with van der Waals surface area (Å²) in [6.07, 6.45) is 9.63. The number of likely N-dealkylation sites (N-methyl/N-ethyl adjacent to an activating group) is 1. The monoisotopic (exact) mass is 679 g/mol. The molecule has 0 bridgehead atoms. The summed E-state index contributed by atoms with van der Waals surface area (Å²) >= 11 is 1.55. The SMILES string of the molecule is Cc1[nH]ncc1[C@@H](C)N1CCOc2nn([C@@H](C)[C@@H]3CCCN3C)c3nc(-c4noc5c4CCC[C@@]54CCCc5sc(N)c(C#N)c54)nc1c23. The fraction of sp³-hybridized carbons (Fsp3) is 0.543. The molecule has 3 N–H and O–H groups in total. The van der Waals surface area contributed by atoms with Crippen molar-refractivity contribution in [3.63, 3.8) is 0 Å². The van der Waals surface area contributed by atoms with E-state index in [2.05, 4.69) is 51.6 Å². The minimum Gasteiger partial charge on any atom is -0.474 e. The molecule has 0 saturated carbocycles. The van der Waals surface area contributed by atoms with Crippen LogP contribution in [0.1, 0.15) is 103 Å². The van der Waals surface area contributed by atoms with Gasteiger partial charge in [0.25, 0.3) is 0 Å². The van der Waals surface area contributed by atoms with Gasteiger partial charge in [0.05, 0.1) is 35.8 Å². The lowest BCUT2D eigenvalue weighted by Crippen LogP contribution is -2.35. The number of nitrogen functional groups attached to an aromatic ring is 1. The van der Waals surface area contributed by atoms with Gasteiger partial charge >= 0.3 is 0 Å². The van der Waals surface area contributed by atoms with Gasteiger partial charge in [-0.05, 0) is 91.3 Å². The Morgan fingerprint density at radius 2 is 2.00 bits per heavy atom. The first-order valence-electron chi connectivity index (χ1n) is 17.5. The lowest BCUT2D eigenvalue weighted by atomic mass is 9.63. The molecule has 0 unspecified atom stereocenters. The van der Waals surface area contributed by atoms with Crippen LogP contribution in [0.3, 0.4) is 0 Å². The number of likely N-dealkylation sites (tertiary alicyclic amines) is 1. The van der Waals surface area contributed by atoms with Gasteiger partial charge in [0, 0.05) is 27.7 Å². The molecule has 0 amide bonds. The molecule has 1 saturated heterocycles. The standard InChI is InChI=1S/C35H41N11O2S/c1-18-23(17-38-41-18)19(2)45-14-15-47-34-26-32(45)39-31(40-33(26)46(42-34)20(3)24-9-7-13-44(24)4)28-21-8-5-11-35(29(21)48-43-28)12-6-10-25-27(35)22(16-36)30(37)49-25/h17,19-20,24H,5-15,37H2,1-4H3,(H,38,41)/t19-,20+,24+,35+/m1/s1. The average Bonchev–Trinajstić information content (AvgIpc) is 3.92. The van der Waals surface area contributed by atoms with Gasteiger partial charge in [0.1, 0.15) is 28.9 Å². The molecule has 9 rings (SSSR count). The summed E-state index contributed by atoms with van der Waals surface area (Å²) in [7, 11) is 2.19. The van der Waals surface area contributed by atoms with E-state index in [-0.39, 0.29) is 12.1 Å². The highest BCUT2D eigenvalue weighted by molar-refractivity contribution is 7.16. The first kappa shape index (κ1) is 30.6. The van der Waals surface area contributed by atoms with Gasteiger partial charge in [0.15, 0.2) is 22.9 Å². The molecule has 5 aromatic heterocycles. The largest absolute Gasteiger partial charge is 0.474 e. The van der Waals surface area contributed by atoms with Gasteiger partial charge in [0.2, 0.25) is 5.88 Å². The van der Waals surface area contributed by atoms with Crippen molar-refractivity contribution >= 4 is 33.2 Å². The van der Waals surface area contributed by atoms with Crippen LogP contribution in [0.25, 0.3) is 22.6 Å². The van der Waals surface area contributed by atoms with Crippen LogP contribution in [0.4, 0.5) is 10.8 Å². The van der Waals surface area contributed by atoms with E-state index < -0.39 is 5.41 Å². The summed E-state index contributed by atoms with van der Waals surface area (Å²) in [5, 5.41) is 28.9. The van der Waals surface area contributed by atoms with Crippen LogP contribution >= 0.6 is 11.3 Å². The molecular weight excluding hydrogens is 639 g/mol. The molecule has 1 fully saturated rings. The lowest BCUT2D eigenvalue weighted by Gasteiger charge is -2.39. The zero-order valence-corrected chi connectivity index (χ0v) is 29.2. The van der Waals surface area contributed by atoms with Crippen molar-refractivity contribution in [1.29, 1.82) is 5.26 Å². The van der Waals surface area contributed by atoms with Crippen LogP contribution in [0.15, 0.2) is 10.7 Å². The molecule has 13 nitrogen and oxygen atoms in total. The quantitative estimate of drug-likeness (QED) is 0.238. The maximum absolute atomic E-state index is 10.2. The van der Waals surface area contributed by atoms with E-state index >= 15 is 0 Å².